The van der Waals surface area contributed by atoms with Gasteiger partial charge in [0.2, 0.25) is 0 Å². The van der Waals surface area contributed by atoms with Crippen LogP contribution in [0.4, 0.5) is 0 Å². The average molecular weight is 287 g/mol. The summed E-state index contributed by atoms with van der Waals surface area (Å²) in [5, 5.41) is 0. The van der Waals surface area contributed by atoms with Crippen LogP contribution in [0.3, 0.4) is 0 Å². The molecule has 2 atom stereocenters. The molecule has 0 heteroatoms. The highest BCUT2D eigenvalue weighted by atomic mass is 14.5. The highest BCUT2D eigenvalue weighted by Crippen LogP contribution is 2.59. The molecule has 3 rings (SSSR count). The van der Waals surface area contributed by atoms with E-state index >= 15 is 0 Å². The molecule has 3 aliphatic carbocycles. The van der Waals surface area contributed by atoms with E-state index in [-0.39, 0.29) is 0 Å². The Labute approximate surface area is 132 Å². The van der Waals surface area contributed by atoms with Gasteiger partial charge in [0.15, 0.2) is 0 Å². The Kier molecular flexibility index (Phi) is 3.66. The summed E-state index contributed by atoms with van der Waals surface area (Å²) in [7, 11) is 0. The number of allylic oxidation sites excluding steroid dienone is 4. The molecular formula is C21H34. The monoisotopic (exact) mass is 286 g/mol. The van der Waals surface area contributed by atoms with Crippen LogP contribution in [0.1, 0.15) is 86.5 Å². The zero-order valence-corrected chi connectivity index (χ0v) is 15.1. The Morgan fingerprint density at radius 1 is 0.762 bits per heavy atom. The number of fused-ring (bicyclic) bond motifs is 3. The van der Waals surface area contributed by atoms with E-state index in [1.807, 2.05) is 11.1 Å². The molecule has 0 bridgehead atoms. The fourth-order valence-electron chi connectivity index (χ4n) is 5.06. The van der Waals surface area contributed by atoms with Crippen molar-refractivity contribution in [2.24, 2.45) is 22.7 Å². The number of hydrogen-bond acceptors (Lipinski definition) is 0. The van der Waals surface area contributed by atoms with E-state index in [9.17, 15) is 0 Å². The third-order valence-electron chi connectivity index (χ3n) is 6.17. The van der Waals surface area contributed by atoms with Crippen molar-refractivity contribution in [3.8, 4) is 0 Å². The zero-order chi connectivity index (χ0) is 15.4. The lowest BCUT2D eigenvalue weighted by Gasteiger charge is -2.29. The van der Waals surface area contributed by atoms with E-state index in [0.29, 0.717) is 10.8 Å². The van der Waals surface area contributed by atoms with Crippen LogP contribution in [-0.2, 0) is 0 Å². The summed E-state index contributed by atoms with van der Waals surface area (Å²) in [6.07, 6.45) is 9.99. The third-order valence-corrected chi connectivity index (χ3v) is 6.17. The summed E-state index contributed by atoms with van der Waals surface area (Å²) < 4.78 is 0. The molecule has 0 heterocycles. The highest BCUT2D eigenvalue weighted by Gasteiger charge is 2.45. The van der Waals surface area contributed by atoms with Gasteiger partial charge in [-0.25, -0.2) is 0 Å². The first kappa shape index (κ1) is 15.4. The molecule has 0 spiro atoms. The van der Waals surface area contributed by atoms with E-state index in [2.05, 4.69) is 41.5 Å². The number of hydrogen-bond donors (Lipinski definition) is 0. The van der Waals surface area contributed by atoms with Gasteiger partial charge in [0.05, 0.1) is 0 Å². The fourth-order valence-corrected chi connectivity index (χ4v) is 5.06. The van der Waals surface area contributed by atoms with Crippen LogP contribution in [0, 0.1) is 22.7 Å². The van der Waals surface area contributed by atoms with Crippen LogP contribution < -0.4 is 0 Å². The van der Waals surface area contributed by atoms with Crippen LogP contribution in [0.15, 0.2) is 22.3 Å². The molecule has 0 saturated heterocycles. The minimum Gasteiger partial charge on any atom is -0.0572 e. The van der Waals surface area contributed by atoms with Crippen molar-refractivity contribution in [1.29, 1.82) is 0 Å². The second-order valence-corrected chi connectivity index (χ2v) is 9.73. The molecule has 21 heavy (non-hydrogen) atoms. The molecule has 2 unspecified atom stereocenters. The van der Waals surface area contributed by atoms with Crippen molar-refractivity contribution < 1.29 is 0 Å². The minimum absolute atomic E-state index is 0.342. The molecule has 0 aliphatic heterocycles. The van der Waals surface area contributed by atoms with Gasteiger partial charge < -0.3 is 0 Å². The molecule has 0 N–H and O–H groups in total. The Bertz CT molecular complexity index is 487. The molecule has 118 valence electrons. The van der Waals surface area contributed by atoms with Gasteiger partial charge in [-0.1, -0.05) is 72.0 Å². The minimum atomic E-state index is 0.342. The molecule has 0 radical (unpaired) electrons. The highest BCUT2D eigenvalue weighted by molar-refractivity contribution is 5.55. The van der Waals surface area contributed by atoms with Crippen molar-refractivity contribution in [3.63, 3.8) is 0 Å². The van der Waals surface area contributed by atoms with Crippen molar-refractivity contribution in [2.75, 3.05) is 0 Å². The second-order valence-electron chi connectivity index (χ2n) is 9.73. The number of rotatable bonds is 0. The molecule has 0 aromatic rings. The molecule has 0 aromatic carbocycles. The molecule has 0 nitrogen and oxygen atoms in total. The lowest BCUT2D eigenvalue weighted by atomic mass is 9.76. The zero-order valence-electron chi connectivity index (χ0n) is 15.1. The smallest absolute Gasteiger partial charge is 0.00860 e. The van der Waals surface area contributed by atoms with Crippen molar-refractivity contribution in [3.05, 3.63) is 22.3 Å². The first-order chi connectivity index (χ1) is 9.69. The van der Waals surface area contributed by atoms with Crippen LogP contribution in [0.2, 0.25) is 0 Å². The molecule has 0 aromatic heterocycles. The van der Waals surface area contributed by atoms with Gasteiger partial charge >= 0.3 is 0 Å². The predicted octanol–water partition coefficient (Wildman–Crippen LogP) is 6.68. The first-order valence-corrected chi connectivity index (χ1v) is 9.16. The van der Waals surface area contributed by atoms with Crippen LogP contribution >= 0.6 is 0 Å². The Balaban J connectivity index is 2.08. The van der Waals surface area contributed by atoms with Gasteiger partial charge in [-0.05, 0) is 59.5 Å². The standard InChI is InChI=1S/C21H34/c1-20(2,3)17-13-18(21(4,5)6)19-15-11-9-7-8-10-14(15)12-16(17)19/h14-15H,7-13H2,1-6H3. The summed E-state index contributed by atoms with van der Waals surface area (Å²) in [6, 6.07) is 0. The van der Waals surface area contributed by atoms with E-state index in [0.717, 1.165) is 11.8 Å². The van der Waals surface area contributed by atoms with Gasteiger partial charge in [-0.2, -0.15) is 0 Å². The molecule has 2 fully saturated rings. The van der Waals surface area contributed by atoms with Crippen LogP contribution in [0.5, 0.6) is 0 Å². The summed E-state index contributed by atoms with van der Waals surface area (Å²) in [4.78, 5) is 0. The Morgan fingerprint density at radius 3 is 2.00 bits per heavy atom. The maximum absolute atomic E-state index is 2.43. The van der Waals surface area contributed by atoms with Gasteiger partial charge in [-0.3, -0.25) is 0 Å². The largest absolute Gasteiger partial charge is 0.0572 e. The van der Waals surface area contributed by atoms with Crippen molar-refractivity contribution in [2.45, 2.75) is 86.5 Å². The maximum atomic E-state index is 2.43. The SMILES string of the molecule is CC(C)(C)C1=C2CC3CCCCCC3C2=C(C(C)(C)C)C1. The molecule has 0 amide bonds. The topological polar surface area (TPSA) is 0 Å². The second kappa shape index (κ2) is 5.00. The van der Waals surface area contributed by atoms with E-state index < -0.39 is 0 Å². The fraction of sp³-hybridized carbons (Fsp3) is 0.810. The van der Waals surface area contributed by atoms with Crippen molar-refractivity contribution in [1.82, 2.24) is 0 Å². The molecule has 2 saturated carbocycles. The quantitative estimate of drug-likeness (QED) is 0.466. The van der Waals surface area contributed by atoms with Crippen LogP contribution in [0.25, 0.3) is 0 Å². The third kappa shape index (κ3) is 2.64. The van der Waals surface area contributed by atoms with Gasteiger partial charge in [-0.15, -0.1) is 0 Å². The van der Waals surface area contributed by atoms with Gasteiger partial charge in [0.1, 0.15) is 0 Å². The van der Waals surface area contributed by atoms with Crippen LogP contribution in [-0.4, -0.2) is 0 Å². The van der Waals surface area contributed by atoms with E-state index in [1.54, 1.807) is 11.1 Å². The summed E-state index contributed by atoms with van der Waals surface area (Å²) in [5.74, 6) is 1.86. The van der Waals surface area contributed by atoms with E-state index in [4.69, 9.17) is 0 Å². The molecular weight excluding hydrogens is 252 g/mol. The lowest BCUT2D eigenvalue weighted by Crippen LogP contribution is -2.16. The predicted molar refractivity (Wildman–Crippen MR) is 92.3 cm³/mol. The Hall–Kier alpha value is -0.520. The lowest BCUT2D eigenvalue weighted by molar-refractivity contribution is 0.384. The van der Waals surface area contributed by atoms with Gasteiger partial charge in [0.25, 0.3) is 0 Å². The maximum Gasteiger partial charge on any atom is -0.00860 e. The van der Waals surface area contributed by atoms with Crippen molar-refractivity contribution >= 4 is 0 Å². The summed E-state index contributed by atoms with van der Waals surface area (Å²) in [6.45, 7) is 14.6. The summed E-state index contributed by atoms with van der Waals surface area (Å²) >= 11 is 0. The normalized spacial score (nSPS) is 30.6. The van der Waals surface area contributed by atoms with E-state index in [1.165, 1.54) is 44.9 Å². The average Bonchev–Trinajstić information content (AvgIpc) is 2.77. The molecule has 3 aliphatic rings. The van der Waals surface area contributed by atoms with Gasteiger partial charge in [0, 0.05) is 0 Å². The summed E-state index contributed by atoms with van der Waals surface area (Å²) in [5.41, 5.74) is 7.90. The first-order valence-electron chi connectivity index (χ1n) is 9.16. The Morgan fingerprint density at radius 2 is 1.38 bits per heavy atom.